The first-order valence-corrected chi connectivity index (χ1v) is 9.99. The maximum Gasteiger partial charge on any atom is 0.233 e. The number of carbonyl (C=O) groups excluding carboxylic acids is 1. The Morgan fingerprint density at radius 1 is 1.13 bits per heavy atom. The van der Waals surface area contributed by atoms with Gasteiger partial charge in [0.15, 0.2) is 0 Å². The highest BCUT2D eigenvalue weighted by Gasteiger charge is 2.52. The van der Waals surface area contributed by atoms with Crippen LogP contribution >= 0.6 is 11.8 Å². The van der Waals surface area contributed by atoms with Crippen molar-refractivity contribution in [3.05, 3.63) is 35.9 Å². The quantitative estimate of drug-likeness (QED) is 0.868. The maximum atomic E-state index is 12.5. The normalized spacial score (nSPS) is 36.0. The lowest BCUT2D eigenvalue weighted by atomic mass is 9.56. The van der Waals surface area contributed by atoms with Gasteiger partial charge in [0, 0.05) is 11.3 Å². The van der Waals surface area contributed by atoms with Crippen molar-refractivity contribution in [2.75, 3.05) is 0 Å². The minimum atomic E-state index is 0.0648. The van der Waals surface area contributed by atoms with E-state index in [1.165, 1.54) is 44.1 Å². The largest absolute Gasteiger partial charge is 0.351 e. The minimum Gasteiger partial charge on any atom is -0.351 e. The molecule has 0 saturated heterocycles. The molecule has 0 radical (unpaired) electrons. The average molecular weight is 330 g/mol. The van der Waals surface area contributed by atoms with Crippen molar-refractivity contribution in [1.82, 2.24) is 5.32 Å². The number of hydrogen-bond donors (Lipinski definition) is 1. The van der Waals surface area contributed by atoms with Crippen LogP contribution in [0.4, 0.5) is 0 Å². The summed E-state index contributed by atoms with van der Waals surface area (Å²) in [6.07, 6.45) is 8.48. The van der Waals surface area contributed by atoms with Gasteiger partial charge in [-0.25, -0.2) is 0 Å². The molecule has 4 bridgehead atoms. The van der Waals surface area contributed by atoms with Crippen molar-refractivity contribution in [3.8, 4) is 0 Å². The predicted octanol–water partition coefficient (Wildman–Crippen LogP) is 4.39. The van der Waals surface area contributed by atoms with E-state index >= 15 is 0 Å². The molecule has 23 heavy (non-hydrogen) atoms. The van der Waals surface area contributed by atoms with Crippen LogP contribution in [-0.2, 0) is 11.3 Å². The van der Waals surface area contributed by atoms with Gasteiger partial charge in [-0.05, 0) is 68.8 Å². The van der Waals surface area contributed by atoms with E-state index in [9.17, 15) is 4.79 Å². The van der Waals surface area contributed by atoms with Gasteiger partial charge in [0.2, 0.25) is 5.91 Å². The molecule has 4 aliphatic rings. The Morgan fingerprint density at radius 2 is 1.70 bits per heavy atom. The molecule has 1 atom stereocenters. The topological polar surface area (TPSA) is 29.1 Å². The molecule has 2 nitrogen and oxygen atoms in total. The maximum absolute atomic E-state index is 12.5. The molecule has 0 aliphatic heterocycles. The van der Waals surface area contributed by atoms with Gasteiger partial charge in [0.05, 0.1) is 5.25 Å². The highest BCUT2D eigenvalue weighted by molar-refractivity contribution is 8.01. The van der Waals surface area contributed by atoms with E-state index in [4.69, 9.17) is 0 Å². The third-order valence-corrected chi connectivity index (χ3v) is 7.66. The minimum absolute atomic E-state index is 0.0648. The fraction of sp³-hybridized carbons (Fsp3) is 0.650. The van der Waals surface area contributed by atoms with Gasteiger partial charge in [-0.1, -0.05) is 30.3 Å². The van der Waals surface area contributed by atoms with E-state index < -0.39 is 0 Å². The molecule has 4 aliphatic carbocycles. The van der Waals surface area contributed by atoms with Crippen molar-refractivity contribution in [3.63, 3.8) is 0 Å². The summed E-state index contributed by atoms with van der Waals surface area (Å²) < 4.78 is 0.415. The third-order valence-electron chi connectivity index (χ3n) is 6.09. The Hall–Kier alpha value is -0.960. The van der Waals surface area contributed by atoms with Crippen LogP contribution in [0.1, 0.15) is 51.0 Å². The van der Waals surface area contributed by atoms with E-state index in [1.54, 1.807) is 0 Å². The Kier molecular flexibility index (Phi) is 4.17. The first kappa shape index (κ1) is 15.6. The molecular formula is C20H27NOS. The summed E-state index contributed by atoms with van der Waals surface area (Å²) >= 11 is 1.99. The van der Waals surface area contributed by atoms with E-state index in [0.717, 1.165) is 17.8 Å². The van der Waals surface area contributed by atoms with Crippen molar-refractivity contribution >= 4 is 17.7 Å². The summed E-state index contributed by atoms with van der Waals surface area (Å²) in [5.41, 5.74) is 1.17. The molecule has 0 spiro atoms. The molecule has 1 aromatic rings. The van der Waals surface area contributed by atoms with Crippen LogP contribution in [0.3, 0.4) is 0 Å². The molecular weight excluding hydrogens is 302 g/mol. The van der Waals surface area contributed by atoms with Gasteiger partial charge in [-0.3, -0.25) is 4.79 Å². The number of thioether (sulfide) groups is 1. The molecule has 0 heterocycles. The monoisotopic (exact) mass is 329 g/mol. The lowest BCUT2D eigenvalue weighted by molar-refractivity contribution is -0.120. The molecule has 1 aromatic carbocycles. The Bertz CT molecular complexity index is 535. The van der Waals surface area contributed by atoms with E-state index in [-0.39, 0.29) is 11.2 Å². The molecule has 0 aromatic heterocycles. The van der Waals surface area contributed by atoms with Gasteiger partial charge >= 0.3 is 0 Å². The molecule has 4 saturated carbocycles. The highest BCUT2D eigenvalue weighted by atomic mass is 32.2. The molecule has 124 valence electrons. The summed E-state index contributed by atoms with van der Waals surface area (Å²) in [6, 6.07) is 10.2. The van der Waals surface area contributed by atoms with Crippen LogP contribution in [0.15, 0.2) is 30.3 Å². The number of hydrogen-bond acceptors (Lipinski definition) is 2. The lowest BCUT2D eigenvalue weighted by Gasteiger charge is -2.57. The van der Waals surface area contributed by atoms with Crippen LogP contribution in [-0.4, -0.2) is 15.9 Å². The predicted molar refractivity (Wildman–Crippen MR) is 96.2 cm³/mol. The summed E-state index contributed by atoms with van der Waals surface area (Å²) in [4.78, 5) is 12.5. The molecule has 1 amide bonds. The van der Waals surface area contributed by atoms with Crippen molar-refractivity contribution < 1.29 is 4.79 Å². The smallest absolute Gasteiger partial charge is 0.233 e. The summed E-state index contributed by atoms with van der Waals surface area (Å²) in [5.74, 6) is 3.06. The first-order chi connectivity index (χ1) is 11.1. The van der Waals surface area contributed by atoms with E-state index in [1.807, 2.05) is 30.0 Å². The van der Waals surface area contributed by atoms with Gasteiger partial charge in [0.1, 0.15) is 0 Å². The summed E-state index contributed by atoms with van der Waals surface area (Å²) in [7, 11) is 0. The number of amides is 1. The van der Waals surface area contributed by atoms with Crippen molar-refractivity contribution in [1.29, 1.82) is 0 Å². The molecule has 0 unspecified atom stereocenters. The highest BCUT2D eigenvalue weighted by Crippen LogP contribution is 2.61. The second kappa shape index (κ2) is 6.16. The Labute approximate surface area is 143 Å². The zero-order chi connectivity index (χ0) is 15.9. The molecule has 3 heteroatoms. The number of rotatable bonds is 5. The summed E-state index contributed by atoms with van der Waals surface area (Å²) in [5, 5.41) is 3.19. The second-order valence-electron chi connectivity index (χ2n) is 8.06. The fourth-order valence-electron chi connectivity index (χ4n) is 5.53. The Balaban J connectivity index is 1.34. The zero-order valence-corrected chi connectivity index (χ0v) is 14.8. The third kappa shape index (κ3) is 3.31. The van der Waals surface area contributed by atoms with E-state index in [0.29, 0.717) is 11.3 Å². The van der Waals surface area contributed by atoms with Crippen molar-refractivity contribution in [2.45, 2.75) is 62.0 Å². The van der Waals surface area contributed by atoms with Crippen LogP contribution < -0.4 is 5.32 Å². The molecule has 4 fully saturated rings. The zero-order valence-electron chi connectivity index (χ0n) is 14.0. The SMILES string of the molecule is C[C@H](SC12CC3CC(CC(C3)C1)C2)C(=O)NCc1ccccc1. The molecule has 1 N–H and O–H groups in total. The van der Waals surface area contributed by atoms with E-state index in [2.05, 4.69) is 24.4 Å². The van der Waals surface area contributed by atoms with Gasteiger partial charge in [-0.15, -0.1) is 11.8 Å². The standard InChI is InChI=1S/C20H27NOS/c1-14(19(22)21-13-15-5-3-2-4-6-15)23-20-10-16-7-17(11-20)9-18(8-16)12-20/h2-6,14,16-18H,7-13H2,1H3,(H,21,22)/t14-,16?,17?,18?,20?/m0/s1. The first-order valence-electron chi connectivity index (χ1n) is 9.11. The van der Waals surface area contributed by atoms with Gasteiger partial charge in [-0.2, -0.15) is 0 Å². The van der Waals surface area contributed by atoms with Crippen LogP contribution in [0.5, 0.6) is 0 Å². The Morgan fingerprint density at radius 3 is 2.26 bits per heavy atom. The number of benzene rings is 1. The number of nitrogens with one attached hydrogen (secondary N) is 1. The average Bonchev–Trinajstić information content (AvgIpc) is 2.51. The van der Waals surface area contributed by atoms with Crippen LogP contribution in [0.2, 0.25) is 0 Å². The van der Waals surface area contributed by atoms with Gasteiger partial charge in [0.25, 0.3) is 0 Å². The fourth-order valence-corrected chi connectivity index (χ4v) is 7.47. The van der Waals surface area contributed by atoms with Crippen LogP contribution in [0.25, 0.3) is 0 Å². The van der Waals surface area contributed by atoms with Crippen LogP contribution in [0, 0.1) is 17.8 Å². The summed E-state index contributed by atoms with van der Waals surface area (Å²) in [6.45, 7) is 2.75. The van der Waals surface area contributed by atoms with Gasteiger partial charge < -0.3 is 5.32 Å². The second-order valence-corrected chi connectivity index (χ2v) is 9.87. The van der Waals surface area contributed by atoms with Crippen molar-refractivity contribution in [2.24, 2.45) is 17.8 Å². The number of carbonyl (C=O) groups is 1. The molecule has 5 rings (SSSR count). The lowest BCUT2D eigenvalue weighted by Crippen LogP contribution is -2.50.